The van der Waals surface area contributed by atoms with Gasteiger partial charge in [0.2, 0.25) is 0 Å². The first-order chi connectivity index (χ1) is 10.0. The van der Waals surface area contributed by atoms with Crippen molar-refractivity contribution >= 4 is 22.4 Å². The van der Waals surface area contributed by atoms with E-state index in [9.17, 15) is 4.21 Å². The third kappa shape index (κ3) is 3.94. The minimum atomic E-state index is -1.20. The Morgan fingerprint density at radius 1 is 1.05 bits per heavy atom. The Labute approximate surface area is 133 Å². The Morgan fingerprint density at radius 3 is 2.29 bits per heavy atom. The Bertz CT molecular complexity index is 615. The average Bonchev–Trinajstić information content (AvgIpc) is 2.47. The van der Waals surface area contributed by atoms with Crippen LogP contribution in [0.3, 0.4) is 0 Å². The molecule has 2 rings (SSSR count). The van der Waals surface area contributed by atoms with E-state index in [-0.39, 0.29) is 17.2 Å². The molecule has 0 spiro atoms. The van der Waals surface area contributed by atoms with E-state index in [1.165, 1.54) is 0 Å². The Balaban J connectivity index is 2.33. The predicted octanol–water partition coefficient (Wildman–Crippen LogP) is 4.17. The van der Waals surface area contributed by atoms with E-state index in [4.69, 9.17) is 17.3 Å². The van der Waals surface area contributed by atoms with Crippen LogP contribution in [0.5, 0.6) is 0 Å². The normalized spacial score (nSPS) is 15.7. The molecule has 2 aromatic carbocycles. The summed E-state index contributed by atoms with van der Waals surface area (Å²) in [4.78, 5) is 0.729. The van der Waals surface area contributed by atoms with Crippen LogP contribution >= 0.6 is 11.6 Å². The lowest BCUT2D eigenvalue weighted by Gasteiger charge is -2.27. The van der Waals surface area contributed by atoms with Gasteiger partial charge in [0.1, 0.15) is 0 Å². The van der Waals surface area contributed by atoms with Crippen molar-refractivity contribution in [3.05, 3.63) is 65.2 Å². The van der Waals surface area contributed by atoms with E-state index in [1.807, 2.05) is 42.5 Å². The van der Waals surface area contributed by atoms with Crippen molar-refractivity contribution < 1.29 is 4.21 Å². The fraction of sp³-hybridized carbons (Fsp3) is 0.294. The molecular weight excluding hydrogens is 302 g/mol. The Hall–Kier alpha value is -1.16. The molecule has 112 valence electrons. The summed E-state index contributed by atoms with van der Waals surface area (Å²) in [6, 6.07) is 16.7. The maximum Gasteiger partial charge on any atom is 0.0610 e. The van der Waals surface area contributed by atoms with Gasteiger partial charge in [0.25, 0.3) is 0 Å². The molecule has 0 aromatic heterocycles. The van der Waals surface area contributed by atoms with Crippen LogP contribution in [0.15, 0.2) is 59.5 Å². The molecule has 0 saturated carbocycles. The van der Waals surface area contributed by atoms with Gasteiger partial charge in [-0.25, -0.2) is 0 Å². The number of halogens is 1. The zero-order valence-corrected chi connectivity index (χ0v) is 13.8. The average molecular weight is 322 g/mol. The Kier molecular flexibility index (Phi) is 5.57. The summed E-state index contributed by atoms with van der Waals surface area (Å²) in [6.07, 6.45) is 0. The summed E-state index contributed by atoms with van der Waals surface area (Å²) in [7, 11) is -1.20. The van der Waals surface area contributed by atoms with Crippen molar-refractivity contribution in [2.75, 3.05) is 0 Å². The third-order valence-electron chi connectivity index (χ3n) is 3.47. The molecule has 21 heavy (non-hydrogen) atoms. The number of benzene rings is 2. The largest absolute Gasteiger partial charge is 0.323 e. The molecule has 0 fully saturated rings. The molecule has 4 heteroatoms. The van der Waals surface area contributed by atoms with Crippen molar-refractivity contribution in [2.24, 2.45) is 11.7 Å². The van der Waals surface area contributed by atoms with Gasteiger partial charge in [0, 0.05) is 16.0 Å². The van der Waals surface area contributed by atoms with Crippen LogP contribution in [0.2, 0.25) is 5.02 Å². The maximum absolute atomic E-state index is 12.9. The molecule has 2 aromatic rings. The molecule has 0 heterocycles. The Morgan fingerprint density at radius 2 is 1.71 bits per heavy atom. The quantitative estimate of drug-likeness (QED) is 0.898. The first-order valence-corrected chi connectivity index (χ1v) is 8.56. The van der Waals surface area contributed by atoms with Crippen molar-refractivity contribution in [1.82, 2.24) is 0 Å². The van der Waals surface area contributed by atoms with E-state index >= 15 is 0 Å². The van der Waals surface area contributed by atoms with E-state index in [0.29, 0.717) is 5.02 Å². The number of hydrogen-bond acceptors (Lipinski definition) is 2. The monoisotopic (exact) mass is 321 g/mol. The van der Waals surface area contributed by atoms with Crippen molar-refractivity contribution in [3.8, 4) is 0 Å². The van der Waals surface area contributed by atoms with E-state index in [0.717, 1.165) is 10.5 Å². The number of nitrogens with two attached hydrogens (primary N) is 1. The predicted molar refractivity (Wildman–Crippen MR) is 89.9 cm³/mol. The van der Waals surface area contributed by atoms with E-state index < -0.39 is 10.8 Å². The van der Waals surface area contributed by atoms with Crippen LogP contribution in [0.1, 0.15) is 25.5 Å². The summed E-state index contributed by atoms with van der Waals surface area (Å²) >= 11 is 6.00. The zero-order chi connectivity index (χ0) is 15.4. The lowest BCUT2D eigenvalue weighted by atomic mass is 9.97. The highest BCUT2D eigenvalue weighted by molar-refractivity contribution is 7.85. The topological polar surface area (TPSA) is 43.1 Å². The highest BCUT2D eigenvalue weighted by Gasteiger charge is 2.29. The summed E-state index contributed by atoms with van der Waals surface area (Å²) in [5.41, 5.74) is 7.40. The molecule has 0 amide bonds. The lowest BCUT2D eigenvalue weighted by molar-refractivity contribution is 0.510. The second-order valence-electron chi connectivity index (χ2n) is 5.40. The minimum Gasteiger partial charge on any atom is -0.323 e. The standard InChI is InChI=1S/C17H20ClNOS/c1-12(2)17(16(19)13-7-4-3-5-8-13)21(20)15-10-6-9-14(18)11-15/h3-12,16-17H,19H2,1-2H3. The molecule has 0 radical (unpaired) electrons. The van der Waals surface area contributed by atoms with E-state index in [1.54, 1.807) is 12.1 Å². The van der Waals surface area contributed by atoms with Gasteiger partial charge in [0.05, 0.1) is 16.0 Å². The lowest BCUT2D eigenvalue weighted by Crippen LogP contribution is -2.34. The first kappa shape index (κ1) is 16.2. The highest BCUT2D eigenvalue weighted by Crippen LogP contribution is 2.28. The SMILES string of the molecule is CC(C)C(C(N)c1ccccc1)S(=O)c1cccc(Cl)c1. The first-order valence-electron chi connectivity index (χ1n) is 6.97. The molecule has 0 aliphatic heterocycles. The van der Waals surface area contributed by atoms with Gasteiger partial charge in [-0.3, -0.25) is 4.21 Å². The maximum atomic E-state index is 12.9. The smallest absolute Gasteiger partial charge is 0.0610 e. The minimum absolute atomic E-state index is 0.161. The zero-order valence-electron chi connectivity index (χ0n) is 12.2. The second-order valence-corrected chi connectivity index (χ2v) is 7.45. The summed E-state index contributed by atoms with van der Waals surface area (Å²) in [5, 5.41) is 0.433. The van der Waals surface area contributed by atoms with Crippen LogP contribution < -0.4 is 5.73 Å². The fourth-order valence-electron chi connectivity index (χ4n) is 2.41. The van der Waals surface area contributed by atoms with Gasteiger partial charge in [0.15, 0.2) is 0 Å². The third-order valence-corrected chi connectivity index (χ3v) is 5.76. The molecule has 3 atom stereocenters. The van der Waals surface area contributed by atoms with Gasteiger partial charge in [-0.05, 0) is 29.7 Å². The van der Waals surface area contributed by atoms with Crippen LogP contribution in [-0.2, 0) is 10.8 Å². The van der Waals surface area contributed by atoms with E-state index in [2.05, 4.69) is 13.8 Å². The number of hydrogen-bond donors (Lipinski definition) is 1. The molecule has 0 bridgehead atoms. The van der Waals surface area contributed by atoms with Crippen molar-refractivity contribution in [3.63, 3.8) is 0 Å². The van der Waals surface area contributed by atoms with Crippen LogP contribution in [0, 0.1) is 5.92 Å². The summed E-state index contributed by atoms with van der Waals surface area (Å²) < 4.78 is 12.9. The van der Waals surface area contributed by atoms with Gasteiger partial charge < -0.3 is 5.73 Å². The molecule has 2 nitrogen and oxygen atoms in total. The van der Waals surface area contributed by atoms with Gasteiger partial charge in [-0.2, -0.15) is 0 Å². The molecular formula is C17H20ClNOS. The molecule has 0 aliphatic carbocycles. The van der Waals surface area contributed by atoms with Gasteiger partial charge >= 0.3 is 0 Å². The second kappa shape index (κ2) is 7.21. The highest BCUT2D eigenvalue weighted by atomic mass is 35.5. The molecule has 0 saturated heterocycles. The molecule has 2 N–H and O–H groups in total. The number of rotatable bonds is 5. The van der Waals surface area contributed by atoms with Crippen molar-refractivity contribution in [1.29, 1.82) is 0 Å². The summed E-state index contributed by atoms with van der Waals surface area (Å²) in [5.74, 6) is 0.194. The van der Waals surface area contributed by atoms with Gasteiger partial charge in [-0.15, -0.1) is 0 Å². The van der Waals surface area contributed by atoms with Crippen LogP contribution in [0.25, 0.3) is 0 Å². The van der Waals surface area contributed by atoms with Crippen LogP contribution in [0.4, 0.5) is 0 Å². The van der Waals surface area contributed by atoms with Gasteiger partial charge in [-0.1, -0.05) is 61.8 Å². The summed E-state index contributed by atoms with van der Waals surface area (Å²) in [6.45, 7) is 4.10. The van der Waals surface area contributed by atoms with Crippen molar-refractivity contribution in [2.45, 2.75) is 30.0 Å². The fourth-order valence-corrected chi connectivity index (χ4v) is 4.35. The molecule has 3 unspecified atom stereocenters. The van der Waals surface area contributed by atoms with Crippen LogP contribution in [-0.4, -0.2) is 9.46 Å². The molecule has 0 aliphatic rings.